The Balaban J connectivity index is 0.000000252. The molecule has 13 heavy (non-hydrogen) atoms. The average Bonchev–Trinajstić information content (AvgIpc) is 2.58. The van der Waals surface area contributed by atoms with Crippen LogP contribution >= 0.6 is 11.3 Å². The molecule has 0 saturated carbocycles. The van der Waals surface area contributed by atoms with Gasteiger partial charge in [0.1, 0.15) is 0 Å². The molecule has 0 amide bonds. The smallest absolute Gasteiger partial charge is 0.293 e. The van der Waals surface area contributed by atoms with Gasteiger partial charge < -0.3 is 4.74 Å². The zero-order valence-electron chi connectivity index (χ0n) is 7.65. The van der Waals surface area contributed by atoms with Gasteiger partial charge in [0, 0.05) is 0 Å². The van der Waals surface area contributed by atoms with Crippen molar-refractivity contribution in [2.75, 3.05) is 6.61 Å². The molecule has 4 heteroatoms. The quantitative estimate of drug-likeness (QED) is 0.554. The average molecular weight is 200 g/mol. The summed E-state index contributed by atoms with van der Waals surface area (Å²) in [6.07, 6.45) is 0. The molecular weight excluding hydrogens is 188 g/mol. The van der Waals surface area contributed by atoms with Crippen molar-refractivity contribution in [1.82, 2.24) is 0 Å². The van der Waals surface area contributed by atoms with Crippen molar-refractivity contribution in [3.63, 3.8) is 0 Å². The molecule has 72 valence electrons. The first kappa shape index (κ1) is 11.8. The van der Waals surface area contributed by atoms with Crippen LogP contribution in [0.2, 0.25) is 0 Å². The highest BCUT2D eigenvalue weighted by Crippen LogP contribution is 2.07. The summed E-state index contributed by atoms with van der Waals surface area (Å²) in [5.74, 6) is 0.153. The van der Waals surface area contributed by atoms with Crippen LogP contribution in [0.1, 0.15) is 23.5 Å². The molecule has 0 aromatic carbocycles. The molecule has 0 atom stereocenters. The molecule has 0 aliphatic carbocycles. The fourth-order valence-corrected chi connectivity index (χ4v) is 1.17. The van der Waals surface area contributed by atoms with Crippen molar-refractivity contribution in [2.45, 2.75) is 13.8 Å². The Kier molecular flexibility index (Phi) is 6.82. The first-order valence-electron chi connectivity index (χ1n) is 3.82. The first-order chi connectivity index (χ1) is 6.22. The van der Waals surface area contributed by atoms with Gasteiger partial charge in [-0.1, -0.05) is 6.07 Å². The Labute approximate surface area is 81.3 Å². The van der Waals surface area contributed by atoms with Gasteiger partial charge in [-0.05, 0) is 25.3 Å². The van der Waals surface area contributed by atoms with Crippen molar-refractivity contribution in [3.05, 3.63) is 22.4 Å². The molecule has 0 saturated heterocycles. The van der Waals surface area contributed by atoms with Crippen molar-refractivity contribution in [2.24, 2.45) is 0 Å². The maximum Gasteiger partial charge on any atom is 0.293 e. The standard InChI is InChI=1S/C6H6OS.C3H6O2/c1-5(7)6-3-2-4-8-6;1-2-5-3-4/h2-4H,1H3;3H,2H2,1H3. The van der Waals surface area contributed by atoms with Crippen LogP contribution in [-0.4, -0.2) is 18.9 Å². The predicted octanol–water partition coefficient (Wildman–Crippen LogP) is 2.13. The Morgan fingerprint density at radius 1 is 1.69 bits per heavy atom. The second-order valence-electron chi connectivity index (χ2n) is 2.09. The van der Waals surface area contributed by atoms with Crippen LogP contribution in [0, 0.1) is 0 Å². The summed E-state index contributed by atoms with van der Waals surface area (Å²) in [5.41, 5.74) is 0. The van der Waals surface area contributed by atoms with E-state index in [1.807, 2.05) is 17.5 Å². The van der Waals surface area contributed by atoms with E-state index in [-0.39, 0.29) is 5.78 Å². The molecule has 0 aliphatic heterocycles. The number of thiophene rings is 1. The summed E-state index contributed by atoms with van der Waals surface area (Å²) in [7, 11) is 0. The summed E-state index contributed by atoms with van der Waals surface area (Å²) in [6.45, 7) is 4.24. The van der Waals surface area contributed by atoms with Gasteiger partial charge in [-0.25, -0.2) is 0 Å². The largest absolute Gasteiger partial charge is 0.468 e. The van der Waals surface area contributed by atoms with E-state index in [1.54, 1.807) is 13.8 Å². The summed E-state index contributed by atoms with van der Waals surface area (Å²) in [4.78, 5) is 20.5. The number of carbonyl (C=O) groups excluding carboxylic acids is 2. The molecule has 1 aromatic heterocycles. The topological polar surface area (TPSA) is 43.4 Å². The number of ether oxygens (including phenoxy) is 1. The van der Waals surface area contributed by atoms with Crippen LogP contribution in [0.15, 0.2) is 17.5 Å². The second-order valence-corrected chi connectivity index (χ2v) is 3.03. The monoisotopic (exact) mass is 200 g/mol. The number of ketones is 1. The molecule has 0 fully saturated rings. The lowest BCUT2D eigenvalue weighted by Crippen LogP contribution is -1.83. The third-order valence-corrected chi connectivity index (χ3v) is 2.07. The lowest BCUT2D eigenvalue weighted by Gasteiger charge is -1.79. The molecule has 0 radical (unpaired) electrons. The Morgan fingerprint density at radius 2 is 2.38 bits per heavy atom. The summed E-state index contributed by atoms with van der Waals surface area (Å²) < 4.78 is 4.15. The Bertz CT molecular complexity index is 241. The molecule has 0 spiro atoms. The van der Waals surface area contributed by atoms with Gasteiger partial charge in [0.05, 0.1) is 11.5 Å². The van der Waals surface area contributed by atoms with E-state index >= 15 is 0 Å². The van der Waals surface area contributed by atoms with Crippen molar-refractivity contribution in [3.8, 4) is 0 Å². The van der Waals surface area contributed by atoms with Crippen molar-refractivity contribution >= 4 is 23.6 Å². The molecule has 1 heterocycles. The van der Waals surface area contributed by atoms with E-state index in [0.717, 1.165) is 4.88 Å². The molecule has 3 nitrogen and oxygen atoms in total. The number of rotatable bonds is 3. The highest BCUT2D eigenvalue weighted by Gasteiger charge is 1.95. The summed E-state index contributed by atoms with van der Waals surface area (Å²) in [6, 6.07) is 3.70. The fraction of sp³-hybridized carbons (Fsp3) is 0.333. The highest BCUT2D eigenvalue weighted by atomic mass is 32.1. The van der Waals surface area contributed by atoms with E-state index in [2.05, 4.69) is 4.74 Å². The van der Waals surface area contributed by atoms with Gasteiger partial charge in [0.25, 0.3) is 6.47 Å². The van der Waals surface area contributed by atoms with Crippen LogP contribution in [0.5, 0.6) is 0 Å². The Hall–Kier alpha value is -1.16. The van der Waals surface area contributed by atoms with Gasteiger partial charge in [-0.2, -0.15) is 0 Å². The summed E-state index contributed by atoms with van der Waals surface area (Å²) >= 11 is 1.48. The van der Waals surface area contributed by atoms with Gasteiger partial charge in [0.15, 0.2) is 5.78 Å². The van der Waals surface area contributed by atoms with E-state index in [4.69, 9.17) is 0 Å². The molecule has 1 rings (SSSR count). The minimum absolute atomic E-state index is 0.153. The zero-order valence-corrected chi connectivity index (χ0v) is 8.47. The third-order valence-electron chi connectivity index (χ3n) is 1.10. The number of carbonyl (C=O) groups is 2. The molecule has 0 unspecified atom stereocenters. The predicted molar refractivity (Wildman–Crippen MR) is 52.0 cm³/mol. The van der Waals surface area contributed by atoms with Crippen LogP contribution in [-0.2, 0) is 9.53 Å². The lowest BCUT2D eigenvalue weighted by molar-refractivity contribution is -0.128. The van der Waals surface area contributed by atoms with E-state index in [9.17, 15) is 9.59 Å². The van der Waals surface area contributed by atoms with Crippen LogP contribution in [0.4, 0.5) is 0 Å². The van der Waals surface area contributed by atoms with Crippen LogP contribution < -0.4 is 0 Å². The number of hydrogen-bond donors (Lipinski definition) is 0. The van der Waals surface area contributed by atoms with Crippen LogP contribution in [0.3, 0.4) is 0 Å². The molecule has 0 bridgehead atoms. The summed E-state index contributed by atoms with van der Waals surface area (Å²) in [5, 5.41) is 1.90. The number of Topliss-reactive ketones (excluding diaryl/α,β-unsaturated/α-hetero) is 1. The minimum Gasteiger partial charge on any atom is -0.468 e. The van der Waals surface area contributed by atoms with Gasteiger partial charge in [0.2, 0.25) is 0 Å². The van der Waals surface area contributed by atoms with Gasteiger partial charge in [-0.3, -0.25) is 9.59 Å². The SMILES string of the molecule is CC(=O)c1cccs1.CCOC=O. The maximum atomic E-state index is 10.5. The van der Waals surface area contributed by atoms with Crippen molar-refractivity contribution < 1.29 is 14.3 Å². The van der Waals surface area contributed by atoms with E-state index < -0.39 is 0 Å². The van der Waals surface area contributed by atoms with E-state index in [0.29, 0.717) is 13.1 Å². The highest BCUT2D eigenvalue weighted by molar-refractivity contribution is 7.12. The Morgan fingerprint density at radius 3 is 2.54 bits per heavy atom. The third kappa shape index (κ3) is 6.04. The van der Waals surface area contributed by atoms with E-state index in [1.165, 1.54) is 11.3 Å². The minimum atomic E-state index is 0.153. The number of hydrogen-bond acceptors (Lipinski definition) is 4. The first-order valence-corrected chi connectivity index (χ1v) is 4.70. The van der Waals surface area contributed by atoms with Gasteiger partial charge >= 0.3 is 0 Å². The molecule has 0 N–H and O–H groups in total. The lowest BCUT2D eigenvalue weighted by atomic mass is 10.4. The fourth-order valence-electron chi connectivity index (χ4n) is 0.547. The molecular formula is C9H12O3S. The second kappa shape index (κ2) is 7.49. The van der Waals surface area contributed by atoms with Gasteiger partial charge in [-0.15, -0.1) is 11.3 Å². The van der Waals surface area contributed by atoms with Crippen molar-refractivity contribution in [1.29, 1.82) is 0 Å². The van der Waals surface area contributed by atoms with Crippen LogP contribution in [0.25, 0.3) is 0 Å². The molecule has 0 aliphatic rings. The molecule has 1 aromatic rings. The normalized spacial score (nSPS) is 8.15. The zero-order chi connectivity index (χ0) is 10.1. The maximum absolute atomic E-state index is 10.5.